The molecule has 3 rings (SSSR count). The van der Waals surface area contributed by atoms with E-state index in [0.29, 0.717) is 0 Å². The fourth-order valence-corrected chi connectivity index (χ4v) is 3.19. The van der Waals surface area contributed by atoms with Crippen molar-refractivity contribution < 1.29 is 4.79 Å². The van der Waals surface area contributed by atoms with Crippen LogP contribution in [0.4, 0.5) is 5.69 Å². The second kappa shape index (κ2) is 7.06. The number of hydrogen-bond donors (Lipinski definition) is 1. The zero-order chi connectivity index (χ0) is 16.2. The third-order valence-electron chi connectivity index (χ3n) is 3.34. The monoisotopic (exact) mass is 386 g/mol. The van der Waals surface area contributed by atoms with Crippen molar-refractivity contribution in [2.24, 2.45) is 0 Å². The molecule has 1 aromatic heterocycles. The highest BCUT2D eigenvalue weighted by Crippen LogP contribution is 2.24. The molecule has 0 aliphatic rings. The molecule has 0 fully saturated rings. The van der Waals surface area contributed by atoms with Crippen LogP contribution in [-0.4, -0.2) is 10.9 Å². The lowest BCUT2D eigenvalue weighted by Crippen LogP contribution is -2.14. The van der Waals surface area contributed by atoms with Crippen LogP contribution in [0, 0.1) is 6.92 Å². The topological polar surface area (TPSA) is 42.0 Å². The number of hydrogen-bond acceptors (Lipinski definition) is 3. The van der Waals surface area contributed by atoms with Gasteiger partial charge in [0, 0.05) is 21.1 Å². The Morgan fingerprint density at radius 2 is 1.83 bits per heavy atom. The molecule has 0 bridgehead atoms. The predicted octanol–water partition coefficient (Wildman–Crippen LogP) is 5.06. The van der Waals surface area contributed by atoms with Crippen LogP contribution in [0.3, 0.4) is 0 Å². The number of thiazole rings is 1. The molecule has 2 aromatic carbocycles. The largest absolute Gasteiger partial charge is 0.326 e. The summed E-state index contributed by atoms with van der Waals surface area (Å²) in [7, 11) is 0. The van der Waals surface area contributed by atoms with E-state index in [9.17, 15) is 4.79 Å². The summed E-state index contributed by atoms with van der Waals surface area (Å²) in [5, 5.41) is 5.69. The summed E-state index contributed by atoms with van der Waals surface area (Å²) in [6.45, 7) is 2.02. The Balaban J connectivity index is 1.65. The molecule has 116 valence electrons. The Hall–Kier alpha value is -1.98. The van der Waals surface area contributed by atoms with Gasteiger partial charge in [0.05, 0.1) is 12.1 Å². The van der Waals surface area contributed by atoms with E-state index < -0.39 is 0 Å². The number of aromatic nitrogens is 1. The van der Waals surface area contributed by atoms with E-state index in [0.717, 1.165) is 26.4 Å². The second-order valence-corrected chi connectivity index (χ2v) is 7.08. The molecule has 0 atom stereocenters. The van der Waals surface area contributed by atoms with Gasteiger partial charge in [0.15, 0.2) is 0 Å². The molecule has 0 radical (unpaired) electrons. The van der Waals surface area contributed by atoms with Gasteiger partial charge in [-0.15, -0.1) is 11.3 Å². The van der Waals surface area contributed by atoms with E-state index in [1.807, 2.05) is 60.8 Å². The van der Waals surface area contributed by atoms with Crippen LogP contribution >= 0.6 is 27.3 Å². The summed E-state index contributed by atoms with van der Waals surface area (Å²) in [5.41, 5.74) is 3.93. The number of carbonyl (C=O) groups excluding carboxylic acids is 1. The number of amides is 1. The first kappa shape index (κ1) is 15.9. The molecule has 0 aliphatic carbocycles. The van der Waals surface area contributed by atoms with Gasteiger partial charge < -0.3 is 5.32 Å². The van der Waals surface area contributed by atoms with E-state index in [1.165, 1.54) is 16.9 Å². The van der Waals surface area contributed by atoms with Crippen LogP contribution in [0.2, 0.25) is 0 Å². The number of rotatable bonds is 4. The molecule has 1 heterocycles. The zero-order valence-electron chi connectivity index (χ0n) is 12.5. The van der Waals surface area contributed by atoms with Crippen LogP contribution < -0.4 is 5.32 Å². The van der Waals surface area contributed by atoms with Gasteiger partial charge in [-0.3, -0.25) is 4.79 Å². The van der Waals surface area contributed by atoms with Crippen molar-refractivity contribution in [1.29, 1.82) is 0 Å². The van der Waals surface area contributed by atoms with Gasteiger partial charge >= 0.3 is 0 Å². The number of benzene rings is 2. The highest BCUT2D eigenvalue weighted by Gasteiger charge is 2.09. The van der Waals surface area contributed by atoms with Gasteiger partial charge in [-0.1, -0.05) is 45.8 Å². The van der Waals surface area contributed by atoms with Crippen molar-refractivity contribution in [3.05, 3.63) is 69.0 Å². The van der Waals surface area contributed by atoms with Crippen LogP contribution in [0.1, 0.15) is 10.6 Å². The Bertz CT molecular complexity index is 810. The predicted molar refractivity (Wildman–Crippen MR) is 98.8 cm³/mol. The first-order valence-corrected chi connectivity index (χ1v) is 8.84. The molecule has 0 unspecified atom stereocenters. The van der Waals surface area contributed by atoms with Gasteiger partial charge in [-0.2, -0.15) is 0 Å². The molecule has 0 aliphatic heterocycles. The highest BCUT2D eigenvalue weighted by atomic mass is 79.9. The van der Waals surface area contributed by atoms with Crippen LogP contribution in [0.5, 0.6) is 0 Å². The lowest BCUT2D eigenvalue weighted by Gasteiger charge is -2.04. The van der Waals surface area contributed by atoms with Crippen LogP contribution in [-0.2, 0) is 11.2 Å². The standard InChI is InChI=1S/C18H15BrN2OS/c1-12-2-8-15(9-3-12)20-17(22)10-18-21-16(11-23-18)13-4-6-14(19)7-5-13/h2-9,11H,10H2,1H3,(H,20,22). The van der Waals surface area contributed by atoms with Gasteiger partial charge in [-0.25, -0.2) is 4.98 Å². The number of aryl methyl sites for hydroxylation is 1. The Labute approximate surface area is 147 Å². The number of anilines is 1. The Morgan fingerprint density at radius 1 is 1.13 bits per heavy atom. The SMILES string of the molecule is Cc1ccc(NC(=O)Cc2nc(-c3ccc(Br)cc3)cs2)cc1. The van der Waals surface area contributed by atoms with Crippen molar-refractivity contribution in [2.45, 2.75) is 13.3 Å². The Morgan fingerprint density at radius 3 is 2.52 bits per heavy atom. The van der Waals surface area contributed by atoms with Gasteiger partial charge in [0.25, 0.3) is 0 Å². The number of nitrogens with zero attached hydrogens (tertiary/aromatic N) is 1. The maximum Gasteiger partial charge on any atom is 0.231 e. The average molecular weight is 387 g/mol. The van der Waals surface area contributed by atoms with Gasteiger partial charge in [0.1, 0.15) is 5.01 Å². The summed E-state index contributed by atoms with van der Waals surface area (Å²) in [6, 6.07) is 15.8. The molecule has 1 N–H and O–H groups in total. The van der Waals surface area contributed by atoms with Gasteiger partial charge in [-0.05, 0) is 31.2 Å². The van der Waals surface area contributed by atoms with E-state index in [2.05, 4.69) is 26.2 Å². The first-order chi connectivity index (χ1) is 11.1. The first-order valence-electron chi connectivity index (χ1n) is 7.17. The average Bonchev–Trinajstić information content (AvgIpc) is 2.98. The molecule has 0 saturated carbocycles. The fourth-order valence-electron chi connectivity index (χ4n) is 2.12. The summed E-state index contributed by atoms with van der Waals surface area (Å²) < 4.78 is 1.04. The molecule has 23 heavy (non-hydrogen) atoms. The van der Waals surface area contributed by atoms with Crippen LogP contribution in [0.15, 0.2) is 58.4 Å². The summed E-state index contributed by atoms with van der Waals surface area (Å²) in [5.74, 6) is -0.0504. The number of carbonyl (C=O) groups is 1. The quantitative estimate of drug-likeness (QED) is 0.680. The second-order valence-electron chi connectivity index (χ2n) is 5.22. The minimum Gasteiger partial charge on any atom is -0.326 e. The Kier molecular flexibility index (Phi) is 4.88. The van der Waals surface area contributed by atoms with Crippen molar-refractivity contribution in [1.82, 2.24) is 4.98 Å². The maximum absolute atomic E-state index is 12.1. The van der Waals surface area contributed by atoms with Crippen molar-refractivity contribution in [2.75, 3.05) is 5.32 Å². The number of halogens is 1. The molecule has 0 spiro atoms. The molecule has 0 saturated heterocycles. The molecular weight excluding hydrogens is 372 g/mol. The summed E-state index contributed by atoms with van der Waals surface area (Å²) in [6.07, 6.45) is 0.287. The van der Waals surface area contributed by atoms with Gasteiger partial charge in [0.2, 0.25) is 5.91 Å². The van der Waals surface area contributed by atoms with Crippen LogP contribution in [0.25, 0.3) is 11.3 Å². The summed E-state index contributed by atoms with van der Waals surface area (Å²) in [4.78, 5) is 16.7. The van der Waals surface area contributed by atoms with Crippen molar-refractivity contribution >= 4 is 38.9 Å². The number of nitrogens with one attached hydrogen (secondary N) is 1. The van der Waals surface area contributed by atoms with E-state index in [4.69, 9.17) is 0 Å². The van der Waals surface area contributed by atoms with Crippen molar-refractivity contribution in [3.8, 4) is 11.3 Å². The highest BCUT2D eigenvalue weighted by molar-refractivity contribution is 9.10. The fraction of sp³-hybridized carbons (Fsp3) is 0.111. The lowest BCUT2D eigenvalue weighted by atomic mass is 10.2. The smallest absolute Gasteiger partial charge is 0.231 e. The molecular formula is C18H15BrN2OS. The minimum absolute atomic E-state index is 0.0504. The van der Waals surface area contributed by atoms with E-state index >= 15 is 0 Å². The normalized spacial score (nSPS) is 10.5. The molecule has 5 heteroatoms. The third-order valence-corrected chi connectivity index (χ3v) is 4.72. The lowest BCUT2D eigenvalue weighted by molar-refractivity contribution is -0.115. The molecule has 1 amide bonds. The third kappa shape index (κ3) is 4.27. The van der Waals surface area contributed by atoms with E-state index in [-0.39, 0.29) is 12.3 Å². The molecule has 3 aromatic rings. The van der Waals surface area contributed by atoms with Crippen molar-refractivity contribution in [3.63, 3.8) is 0 Å². The minimum atomic E-state index is -0.0504. The maximum atomic E-state index is 12.1. The zero-order valence-corrected chi connectivity index (χ0v) is 14.9. The summed E-state index contributed by atoms with van der Waals surface area (Å²) >= 11 is 4.93. The molecule has 3 nitrogen and oxygen atoms in total. The van der Waals surface area contributed by atoms with E-state index in [1.54, 1.807) is 0 Å².